The summed E-state index contributed by atoms with van der Waals surface area (Å²) in [6.45, 7) is 38.4. The smallest absolute Gasteiger partial charge is 0.320 e. The average molecular weight is 861 g/mol. The van der Waals surface area contributed by atoms with Crippen LogP contribution in [0.5, 0.6) is 0 Å². The van der Waals surface area contributed by atoms with Crippen LogP contribution in [0.2, 0.25) is 50.4 Å². The zero-order chi connectivity index (χ0) is 40.7. The minimum Gasteiger partial charge on any atom is -0.416 e. The second-order valence-corrected chi connectivity index (χ2v) is 34.1. The van der Waals surface area contributed by atoms with Crippen LogP contribution in [0.4, 0.5) is 0 Å². The molecule has 12 nitrogen and oxygen atoms in total. The van der Waals surface area contributed by atoms with Gasteiger partial charge >= 0.3 is 34.2 Å². The number of ether oxygens (including phenoxy) is 4. The van der Waals surface area contributed by atoms with Crippen molar-refractivity contribution in [3.05, 3.63) is 0 Å². The Morgan fingerprint density at radius 3 is 0.875 bits per heavy atom. The predicted molar refractivity (Wildman–Crippen MR) is 233 cm³/mol. The fourth-order valence-corrected chi connectivity index (χ4v) is 33.6. The fourth-order valence-electron chi connectivity index (χ4n) is 10.3. The molecular weight excluding hydrogens is 777 g/mol. The Labute approximate surface area is 346 Å². The molecular formula is C40H84N4O8Si4. The molecule has 0 aromatic carbocycles. The predicted octanol–water partition coefficient (Wildman–Crippen LogP) is 7.17. The molecule has 5 heterocycles. The summed E-state index contributed by atoms with van der Waals surface area (Å²) in [5.74, 6) is 1.84. The van der Waals surface area contributed by atoms with Crippen molar-refractivity contribution in [2.75, 3.05) is 78.8 Å². The molecule has 0 spiro atoms. The van der Waals surface area contributed by atoms with E-state index in [0.717, 1.165) is 129 Å². The number of hydrogen-bond donors (Lipinski definition) is 0. The van der Waals surface area contributed by atoms with E-state index in [9.17, 15) is 0 Å². The summed E-state index contributed by atoms with van der Waals surface area (Å²) in [5.41, 5.74) is 0. The van der Waals surface area contributed by atoms with Gasteiger partial charge < -0.3 is 35.4 Å². The first-order valence-corrected chi connectivity index (χ1v) is 32.8. The van der Waals surface area contributed by atoms with Crippen molar-refractivity contribution in [3.8, 4) is 0 Å². The van der Waals surface area contributed by atoms with Crippen molar-refractivity contribution in [2.45, 2.75) is 156 Å². The molecule has 328 valence electrons. The molecule has 5 aliphatic heterocycles. The molecule has 16 heteroatoms. The molecule has 0 aliphatic carbocycles. The summed E-state index contributed by atoms with van der Waals surface area (Å²) in [6.07, 6.45) is 4.83. The summed E-state index contributed by atoms with van der Waals surface area (Å²) >= 11 is 0. The van der Waals surface area contributed by atoms with Crippen LogP contribution in [0.15, 0.2) is 0 Å². The maximum absolute atomic E-state index is 8.12. The summed E-state index contributed by atoms with van der Waals surface area (Å²) < 4.78 is 55.4. The van der Waals surface area contributed by atoms with Crippen molar-refractivity contribution in [2.24, 2.45) is 23.7 Å². The van der Waals surface area contributed by atoms with Gasteiger partial charge in [0.1, 0.15) is 24.9 Å². The molecule has 0 amide bonds. The maximum Gasteiger partial charge on any atom is 0.320 e. The summed E-state index contributed by atoms with van der Waals surface area (Å²) in [4.78, 5) is 10.2. The van der Waals surface area contributed by atoms with Gasteiger partial charge in [0, 0.05) is 52.4 Å². The first-order chi connectivity index (χ1) is 26.4. The summed E-state index contributed by atoms with van der Waals surface area (Å²) in [5, 5.41) is 0. The van der Waals surface area contributed by atoms with Crippen molar-refractivity contribution in [1.29, 1.82) is 0 Å². The van der Waals surface area contributed by atoms with Crippen LogP contribution >= 0.6 is 0 Å². The standard InChI is InChI=1S/C40H84N4O8Si4/c1-33(2)37-41(21-25-45-37)17-13-29-55(30-14-18-42-22-26-46-38(42)34(3)4)50-53(9,10)49-54(11,12)51-56(52-55,31-15-19-43-23-27-47-39(43)35(5)6)32-16-20-44-24-28-48-40(44)36(7)8/h33-40H,13-32H2,1-12H3. The van der Waals surface area contributed by atoms with Gasteiger partial charge in [-0.2, -0.15) is 0 Å². The Morgan fingerprint density at radius 2 is 0.643 bits per heavy atom. The van der Waals surface area contributed by atoms with Crippen LogP contribution in [-0.4, -0.2) is 158 Å². The van der Waals surface area contributed by atoms with Crippen molar-refractivity contribution in [1.82, 2.24) is 19.6 Å². The highest BCUT2D eigenvalue weighted by Crippen LogP contribution is 2.41. The fraction of sp³-hybridized carbons (Fsp3) is 1.00. The highest BCUT2D eigenvalue weighted by Gasteiger charge is 2.57. The molecule has 0 N–H and O–H groups in total. The van der Waals surface area contributed by atoms with E-state index in [1.54, 1.807) is 0 Å². The van der Waals surface area contributed by atoms with Crippen molar-refractivity contribution >= 4 is 34.2 Å². The maximum atomic E-state index is 8.12. The number of nitrogens with zero attached hydrogens (tertiary/aromatic N) is 4. The first-order valence-electron chi connectivity index (χ1n) is 22.7. The Balaban J connectivity index is 1.44. The molecule has 5 rings (SSSR count). The number of hydrogen-bond acceptors (Lipinski definition) is 12. The molecule has 5 aliphatic rings. The molecule has 0 radical (unpaired) electrons. The Kier molecular flexibility index (Phi) is 17.8. The topological polar surface area (TPSA) is 86.8 Å². The van der Waals surface area contributed by atoms with E-state index >= 15 is 0 Å². The van der Waals surface area contributed by atoms with Gasteiger partial charge in [0.25, 0.3) is 0 Å². The minimum absolute atomic E-state index is 0.182. The Hall–Kier alpha value is 0.388. The van der Waals surface area contributed by atoms with Gasteiger partial charge in [-0.25, -0.2) is 0 Å². The zero-order valence-electron chi connectivity index (χ0n) is 37.8. The lowest BCUT2D eigenvalue weighted by atomic mass is 10.2. The molecule has 4 atom stereocenters. The van der Waals surface area contributed by atoms with E-state index in [0.29, 0.717) is 23.7 Å². The van der Waals surface area contributed by atoms with E-state index in [1.165, 1.54) is 0 Å². The minimum atomic E-state index is -2.88. The van der Waals surface area contributed by atoms with Gasteiger partial charge in [-0.3, -0.25) is 19.6 Å². The SMILES string of the molecule is CC(C)C1OCCN1CCC[Si]1(CCCN2CCOC2C(C)C)O[Si](C)(C)O[Si](C)(C)O[Si](CCCN2CCOC2C(C)C)(CCCN2CCOC2C(C)C)O1. The van der Waals surface area contributed by atoms with E-state index < -0.39 is 34.2 Å². The van der Waals surface area contributed by atoms with E-state index in [1.807, 2.05) is 0 Å². The van der Waals surface area contributed by atoms with Crippen LogP contribution in [0.25, 0.3) is 0 Å². The Morgan fingerprint density at radius 1 is 0.393 bits per heavy atom. The van der Waals surface area contributed by atoms with Gasteiger partial charge in [0.2, 0.25) is 0 Å². The summed E-state index contributed by atoms with van der Waals surface area (Å²) in [7, 11) is -11.0. The zero-order valence-corrected chi connectivity index (χ0v) is 41.8. The highest BCUT2D eigenvalue weighted by molar-refractivity contribution is 6.94. The number of rotatable bonds is 20. The monoisotopic (exact) mass is 861 g/mol. The molecule has 0 bridgehead atoms. The lowest BCUT2D eigenvalue weighted by Crippen LogP contribution is -2.67. The Bertz CT molecular complexity index is 1040. The second kappa shape index (κ2) is 21.0. The first kappa shape index (κ1) is 47.4. The van der Waals surface area contributed by atoms with Gasteiger partial charge in [0.15, 0.2) is 0 Å². The lowest BCUT2D eigenvalue weighted by molar-refractivity contribution is -0.00236. The average Bonchev–Trinajstić information content (AvgIpc) is 3.91. The quantitative estimate of drug-likeness (QED) is 0.116. The van der Waals surface area contributed by atoms with Crippen molar-refractivity contribution < 1.29 is 35.4 Å². The van der Waals surface area contributed by atoms with Crippen LogP contribution < -0.4 is 0 Å². The third-order valence-corrected chi connectivity index (χ3v) is 30.4. The molecule has 5 fully saturated rings. The second-order valence-electron chi connectivity index (χ2n) is 19.6. The molecule has 0 aromatic heterocycles. The summed E-state index contributed by atoms with van der Waals surface area (Å²) in [6, 6.07) is 3.79. The molecule has 5 saturated heterocycles. The van der Waals surface area contributed by atoms with Crippen molar-refractivity contribution in [3.63, 3.8) is 0 Å². The molecule has 56 heavy (non-hydrogen) atoms. The normalized spacial score (nSPS) is 33.9. The van der Waals surface area contributed by atoms with Crippen LogP contribution in [0.1, 0.15) is 81.1 Å². The lowest BCUT2D eigenvalue weighted by Gasteiger charge is -2.51. The third kappa shape index (κ3) is 13.2. The van der Waals surface area contributed by atoms with Gasteiger partial charge in [-0.15, -0.1) is 0 Å². The molecule has 4 unspecified atom stereocenters. The van der Waals surface area contributed by atoms with E-state index in [-0.39, 0.29) is 24.9 Å². The largest absolute Gasteiger partial charge is 0.416 e. The van der Waals surface area contributed by atoms with Gasteiger partial charge in [-0.05, 0) is 99.7 Å². The van der Waals surface area contributed by atoms with Gasteiger partial charge in [0.05, 0.1) is 26.4 Å². The van der Waals surface area contributed by atoms with Gasteiger partial charge in [-0.1, -0.05) is 55.4 Å². The highest BCUT2D eigenvalue weighted by atomic mass is 28.5. The van der Waals surface area contributed by atoms with Crippen LogP contribution in [0, 0.1) is 23.7 Å². The van der Waals surface area contributed by atoms with E-state index in [2.05, 4.69) is 101 Å². The third-order valence-electron chi connectivity index (χ3n) is 12.1. The van der Waals surface area contributed by atoms with E-state index in [4.69, 9.17) is 35.4 Å². The van der Waals surface area contributed by atoms with Crippen LogP contribution in [0.3, 0.4) is 0 Å². The molecule has 0 aromatic rings. The molecule has 0 saturated carbocycles. The van der Waals surface area contributed by atoms with Crippen LogP contribution in [-0.2, 0) is 35.4 Å².